The molecule has 0 radical (unpaired) electrons. The van der Waals surface area contributed by atoms with Gasteiger partial charge in [0.15, 0.2) is 0 Å². The van der Waals surface area contributed by atoms with E-state index in [0.29, 0.717) is 13.1 Å². The maximum atomic E-state index is 11.6. The number of nitrogens with one attached hydrogen (secondary N) is 1. The zero-order valence-corrected chi connectivity index (χ0v) is 14.4. The molecular weight excluding hydrogens is 314 g/mol. The summed E-state index contributed by atoms with van der Waals surface area (Å²) in [5, 5.41) is 7.13. The molecule has 0 amide bonds. The number of hydrogen-bond donors (Lipinski definition) is 1. The third-order valence-corrected chi connectivity index (χ3v) is 5.70. The summed E-state index contributed by atoms with van der Waals surface area (Å²) in [6.07, 6.45) is 6.42. The highest BCUT2D eigenvalue weighted by Gasteiger charge is 2.26. The second-order valence-corrected chi connectivity index (χ2v) is 8.05. The topological polar surface area (TPSA) is 91.8 Å². The van der Waals surface area contributed by atoms with Gasteiger partial charge < -0.3 is 0 Å². The van der Waals surface area contributed by atoms with Gasteiger partial charge in [-0.2, -0.15) is 5.10 Å². The molecule has 1 N–H and O–H groups in total. The van der Waals surface area contributed by atoms with Gasteiger partial charge in [0.25, 0.3) is 0 Å². The molecule has 0 saturated carbocycles. The number of aromatic amines is 1. The lowest BCUT2D eigenvalue weighted by atomic mass is 9.95. The molecule has 2 aromatic rings. The fourth-order valence-electron chi connectivity index (χ4n) is 3.09. The van der Waals surface area contributed by atoms with E-state index in [2.05, 4.69) is 20.2 Å². The van der Waals surface area contributed by atoms with E-state index >= 15 is 0 Å². The second-order valence-electron chi connectivity index (χ2n) is 6.07. The summed E-state index contributed by atoms with van der Waals surface area (Å²) in [6, 6.07) is 0. The number of sulfonamides is 1. The lowest BCUT2D eigenvalue weighted by Gasteiger charge is -2.29. The molecule has 0 unspecified atom stereocenters. The molecular formula is C15H21N5O2S. The molecule has 0 atom stereocenters. The zero-order valence-electron chi connectivity index (χ0n) is 13.6. The smallest absolute Gasteiger partial charge is 0.211 e. The van der Waals surface area contributed by atoms with Crippen LogP contribution >= 0.6 is 0 Å². The van der Waals surface area contributed by atoms with E-state index in [9.17, 15) is 8.42 Å². The first-order valence-corrected chi connectivity index (χ1v) is 9.50. The number of aryl methyl sites for hydroxylation is 2. The van der Waals surface area contributed by atoms with Gasteiger partial charge in [0.2, 0.25) is 10.0 Å². The van der Waals surface area contributed by atoms with Crippen LogP contribution in [0.4, 0.5) is 0 Å². The van der Waals surface area contributed by atoms with Crippen molar-refractivity contribution in [1.29, 1.82) is 0 Å². The van der Waals surface area contributed by atoms with Crippen LogP contribution in [0.3, 0.4) is 0 Å². The largest absolute Gasteiger partial charge is 0.282 e. The summed E-state index contributed by atoms with van der Waals surface area (Å²) in [7, 11) is -3.09. The van der Waals surface area contributed by atoms with Gasteiger partial charge in [-0.05, 0) is 26.7 Å². The Hall–Kier alpha value is -1.80. The van der Waals surface area contributed by atoms with Gasteiger partial charge in [-0.25, -0.2) is 12.7 Å². The number of hydrogen-bond acceptors (Lipinski definition) is 5. The Bertz CT molecular complexity index is 770. The van der Waals surface area contributed by atoms with Crippen molar-refractivity contribution in [2.45, 2.75) is 32.6 Å². The van der Waals surface area contributed by atoms with E-state index < -0.39 is 10.0 Å². The number of nitrogens with zero attached hydrogens (tertiary/aromatic N) is 4. The molecule has 0 spiro atoms. The maximum Gasteiger partial charge on any atom is 0.211 e. The van der Waals surface area contributed by atoms with E-state index in [1.54, 1.807) is 6.20 Å². The first-order valence-electron chi connectivity index (χ1n) is 7.65. The summed E-state index contributed by atoms with van der Waals surface area (Å²) >= 11 is 0. The van der Waals surface area contributed by atoms with Crippen LogP contribution in [0.1, 0.15) is 35.8 Å². The first kappa shape index (κ1) is 16.1. The van der Waals surface area contributed by atoms with Gasteiger partial charge in [0.05, 0.1) is 29.5 Å². The molecule has 0 aromatic carbocycles. The molecule has 7 nitrogen and oxygen atoms in total. The van der Waals surface area contributed by atoms with Gasteiger partial charge in [0, 0.05) is 36.5 Å². The van der Waals surface area contributed by atoms with Gasteiger partial charge >= 0.3 is 0 Å². The van der Waals surface area contributed by atoms with Crippen molar-refractivity contribution in [3.63, 3.8) is 0 Å². The fourth-order valence-corrected chi connectivity index (χ4v) is 3.96. The number of rotatable bonds is 3. The van der Waals surface area contributed by atoms with E-state index in [4.69, 9.17) is 0 Å². The number of aromatic nitrogens is 4. The minimum Gasteiger partial charge on any atom is -0.282 e. The van der Waals surface area contributed by atoms with Crippen molar-refractivity contribution in [1.82, 2.24) is 24.5 Å². The molecule has 2 aromatic heterocycles. The van der Waals surface area contributed by atoms with Crippen molar-refractivity contribution in [3.05, 3.63) is 29.5 Å². The Morgan fingerprint density at radius 1 is 1.17 bits per heavy atom. The highest BCUT2D eigenvalue weighted by Crippen LogP contribution is 2.29. The predicted molar refractivity (Wildman–Crippen MR) is 87.5 cm³/mol. The van der Waals surface area contributed by atoms with Crippen LogP contribution in [-0.4, -0.2) is 52.2 Å². The lowest BCUT2D eigenvalue weighted by molar-refractivity contribution is 0.318. The predicted octanol–water partition coefficient (Wildman–Crippen LogP) is 1.62. The molecule has 1 saturated heterocycles. The van der Waals surface area contributed by atoms with Crippen LogP contribution in [0.2, 0.25) is 0 Å². The lowest BCUT2D eigenvalue weighted by Crippen LogP contribution is -2.37. The van der Waals surface area contributed by atoms with Crippen LogP contribution in [0.15, 0.2) is 12.4 Å². The molecule has 3 heterocycles. The SMILES string of the molecule is Cc1n[nH]c(C)c1-c1cnc(C2CCN(S(C)(=O)=O)CC2)cn1. The van der Waals surface area contributed by atoms with Gasteiger partial charge in [-0.3, -0.25) is 15.1 Å². The summed E-state index contributed by atoms with van der Waals surface area (Å²) in [5.41, 5.74) is 4.62. The fraction of sp³-hybridized carbons (Fsp3) is 0.533. The Balaban J connectivity index is 1.74. The minimum atomic E-state index is -3.09. The van der Waals surface area contributed by atoms with Crippen LogP contribution < -0.4 is 0 Å². The molecule has 1 fully saturated rings. The highest BCUT2D eigenvalue weighted by atomic mass is 32.2. The van der Waals surface area contributed by atoms with Crippen molar-refractivity contribution >= 4 is 10.0 Å². The van der Waals surface area contributed by atoms with Gasteiger partial charge in [-0.15, -0.1) is 0 Å². The van der Waals surface area contributed by atoms with Crippen molar-refractivity contribution in [2.75, 3.05) is 19.3 Å². The molecule has 1 aliphatic heterocycles. The van der Waals surface area contributed by atoms with Crippen LogP contribution in [0, 0.1) is 13.8 Å². The van der Waals surface area contributed by atoms with E-state index in [1.165, 1.54) is 10.6 Å². The van der Waals surface area contributed by atoms with E-state index in [0.717, 1.165) is 41.2 Å². The average Bonchev–Trinajstić information content (AvgIpc) is 2.86. The van der Waals surface area contributed by atoms with Gasteiger partial charge in [0.1, 0.15) is 0 Å². The third kappa shape index (κ3) is 3.28. The monoisotopic (exact) mass is 335 g/mol. The zero-order chi connectivity index (χ0) is 16.6. The Kier molecular flexibility index (Phi) is 4.20. The number of H-pyrrole nitrogens is 1. The molecule has 124 valence electrons. The molecule has 0 bridgehead atoms. The molecule has 8 heteroatoms. The third-order valence-electron chi connectivity index (χ3n) is 4.40. The van der Waals surface area contributed by atoms with Crippen LogP contribution in [0.5, 0.6) is 0 Å². The van der Waals surface area contributed by atoms with Gasteiger partial charge in [-0.1, -0.05) is 0 Å². The van der Waals surface area contributed by atoms with E-state index in [-0.39, 0.29) is 5.92 Å². The molecule has 1 aliphatic rings. The number of piperidine rings is 1. The maximum absolute atomic E-state index is 11.6. The summed E-state index contributed by atoms with van der Waals surface area (Å²) in [6.45, 7) is 5.00. The molecule has 0 aliphatic carbocycles. The normalized spacial score (nSPS) is 17.5. The van der Waals surface area contributed by atoms with Crippen molar-refractivity contribution in [2.24, 2.45) is 0 Å². The summed E-state index contributed by atoms with van der Waals surface area (Å²) in [4.78, 5) is 9.09. The highest BCUT2D eigenvalue weighted by molar-refractivity contribution is 7.88. The van der Waals surface area contributed by atoms with E-state index in [1.807, 2.05) is 20.0 Å². The summed E-state index contributed by atoms with van der Waals surface area (Å²) < 4.78 is 24.6. The van der Waals surface area contributed by atoms with Crippen molar-refractivity contribution < 1.29 is 8.42 Å². The Labute approximate surface area is 136 Å². The van der Waals surface area contributed by atoms with Crippen LogP contribution in [0.25, 0.3) is 11.3 Å². The van der Waals surface area contributed by atoms with Crippen molar-refractivity contribution in [3.8, 4) is 11.3 Å². The average molecular weight is 335 g/mol. The summed E-state index contributed by atoms with van der Waals surface area (Å²) in [5.74, 6) is 0.265. The second kappa shape index (κ2) is 6.01. The standard InChI is InChI=1S/C15H21N5O2S/c1-10-15(11(2)19-18-10)14-9-16-13(8-17-14)12-4-6-20(7-5-12)23(3,21)22/h8-9,12H,4-7H2,1-3H3,(H,18,19). The molecule has 23 heavy (non-hydrogen) atoms. The van der Waals surface area contributed by atoms with Crippen LogP contribution in [-0.2, 0) is 10.0 Å². The quantitative estimate of drug-likeness (QED) is 0.920. The minimum absolute atomic E-state index is 0.265. The first-order chi connectivity index (χ1) is 10.9. The Morgan fingerprint density at radius 2 is 1.87 bits per heavy atom. The Morgan fingerprint density at radius 3 is 2.35 bits per heavy atom. The molecule has 3 rings (SSSR count).